The average molecular weight is 170 g/mol. The molecule has 1 aliphatic heterocycles. The van der Waals surface area contributed by atoms with Crippen LogP contribution in [0.3, 0.4) is 0 Å². The van der Waals surface area contributed by atoms with Crippen LogP contribution in [0.5, 0.6) is 0 Å². The van der Waals surface area contributed by atoms with E-state index in [4.69, 9.17) is 0 Å². The third kappa shape index (κ3) is 1.90. The van der Waals surface area contributed by atoms with Gasteiger partial charge in [-0.15, -0.1) is 0 Å². The van der Waals surface area contributed by atoms with Gasteiger partial charge in [0.1, 0.15) is 5.82 Å². The first kappa shape index (κ1) is 8.90. The number of ether oxygens (including phenoxy) is 1. The van der Waals surface area contributed by atoms with Gasteiger partial charge in [0.2, 0.25) is 0 Å². The Hall–Kier alpha value is -1.19. The van der Waals surface area contributed by atoms with Crippen LogP contribution in [0, 0.1) is 0 Å². The molecule has 1 aliphatic rings. The number of nitrogens with zero attached hydrogens (tertiary/aromatic N) is 1. The number of hydrogen-bond acceptors (Lipinski definition) is 4. The molecule has 0 radical (unpaired) electrons. The van der Waals surface area contributed by atoms with Crippen molar-refractivity contribution in [2.24, 2.45) is 0 Å². The number of carbonyl (C=O) groups is 1. The van der Waals surface area contributed by atoms with Gasteiger partial charge >= 0.3 is 5.97 Å². The zero-order chi connectivity index (χ0) is 8.97. The monoisotopic (exact) mass is 170 g/mol. The molecule has 0 aromatic heterocycles. The molecule has 0 aromatic rings. The maximum Gasteiger partial charge on any atom is 0.334 e. The lowest BCUT2D eigenvalue weighted by atomic mass is 10.5. The molecule has 0 atom stereocenters. The zero-order valence-electron chi connectivity index (χ0n) is 7.46. The summed E-state index contributed by atoms with van der Waals surface area (Å²) >= 11 is 0. The number of esters is 1. The van der Waals surface area contributed by atoms with Crippen molar-refractivity contribution in [1.82, 2.24) is 10.2 Å². The first-order valence-electron chi connectivity index (χ1n) is 4.06. The van der Waals surface area contributed by atoms with E-state index in [-0.39, 0.29) is 5.97 Å². The van der Waals surface area contributed by atoms with Crippen molar-refractivity contribution in [3.63, 3.8) is 0 Å². The lowest BCUT2D eigenvalue weighted by Crippen LogP contribution is -2.20. The summed E-state index contributed by atoms with van der Waals surface area (Å²) in [7, 11) is 1.38. The fourth-order valence-electron chi connectivity index (χ4n) is 1.19. The van der Waals surface area contributed by atoms with Crippen LogP contribution in [-0.4, -0.2) is 37.6 Å². The van der Waals surface area contributed by atoms with Crippen LogP contribution in [0.2, 0.25) is 0 Å². The van der Waals surface area contributed by atoms with Crippen molar-refractivity contribution in [3.8, 4) is 0 Å². The van der Waals surface area contributed by atoms with Crippen molar-refractivity contribution in [3.05, 3.63) is 11.9 Å². The van der Waals surface area contributed by atoms with E-state index in [0.717, 1.165) is 25.5 Å². The van der Waals surface area contributed by atoms with E-state index in [2.05, 4.69) is 21.9 Å². The molecule has 1 saturated heterocycles. The van der Waals surface area contributed by atoms with Gasteiger partial charge in [0.25, 0.3) is 0 Å². The standard InChI is InChI=1S/C8H14N2O2/c1-3-10-5-4-9-7(10)6-8(11)12-2/h6,9H,3-5H2,1-2H3/b7-6+. The van der Waals surface area contributed by atoms with E-state index in [1.54, 1.807) is 0 Å². The summed E-state index contributed by atoms with van der Waals surface area (Å²) < 4.78 is 4.52. The molecule has 12 heavy (non-hydrogen) atoms. The third-order valence-electron chi connectivity index (χ3n) is 1.87. The van der Waals surface area contributed by atoms with Crippen molar-refractivity contribution in [2.75, 3.05) is 26.7 Å². The highest BCUT2D eigenvalue weighted by atomic mass is 16.5. The lowest BCUT2D eigenvalue weighted by molar-refractivity contribution is -0.135. The topological polar surface area (TPSA) is 41.6 Å². The summed E-state index contributed by atoms with van der Waals surface area (Å²) in [6, 6.07) is 0. The summed E-state index contributed by atoms with van der Waals surface area (Å²) in [5, 5.41) is 3.11. The molecule has 4 nitrogen and oxygen atoms in total. The van der Waals surface area contributed by atoms with Gasteiger partial charge in [-0.05, 0) is 6.92 Å². The second-order valence-corrected chi connectivity index (χ2v) is 2.56. The second kappa shape index (κ2) is 3.99. The minimum atomic E-state index is -0.308. The van der Waals surface area contributed by atoms with Gasteiger partial charge in [-0.25, -0.2) is 4.79 Å². The van der Waals surface area contributed by atoms with Gasteiger partial charge in [-0.2, -0.15) is 0 Å². The zero-order valence-corrected chi connectivity index (χ0v) is 7.46. The van der Waals surface area contributed by atoms with Gasteiger partial charge in [-0.1, -0.05) is 0 Å². The van der Waals surface area contributed by atoms with Crippen LogP contribution in [0.15, 0.2) is 11.9 Å². The largest absolute Gasteiger partial charge is 0.466 e. The minimum absolute atomic E-state index is 0.308. The first-order chi connectivity index (χ1) is 5.77. The Kier molecular flexibility index (Phi) is 2.96. The molecule has 1 heterocycles. The molecule has 0 aromatic carbocycles. The summed E-state index contributed by atoms with van der Waals surface area (Å²) in [5.74, 6) is 0.558. The highest BCUT2D eigenvalue weighted by molar-refractivity contribution is 5.82. The summed E-state index contributed by atoms with van der Waals surface area (Å²) in [4.78, 5) is 13.0. The van der Waals surface area contributed by atoms with Crippen LogP contribution in [0.1, 0.15) is 6.92 Å². The average Bonchev–Trinajstić information content (AvgIpc) is 2.51. The number of methoxy groups -OCH3 is 1. The Balaban J connectivity index is 2.60. The van der Waals surface area contributed by atoms with E-state index in [1.807, 2.05) is 0 Å². The van der Waals surface area contributed by atoms with Gasteiger partial charge in [-0.3, -0.25) is 0 Å². The fourth-order valence-corrected chi connectivity index (χ4v) is 1.19. The minimum Gasteiger partial charge on any atom is -0.466 e. The van der Waals surface area contributed by atoms with Gasteiger partial charge in [0.15, 0.2) is 0 Å². The van der Waals surface area contributed by atoms with Crippen LogP contribution in [0.4, 0.5) is 0 Å². The molecular formula is C8H14N2O2. The number of rotatable bonds is 2. The molecule has 1 rings (SSSR count). The molecule has 4 heteroatoms. The number of nitrogens with one attached hydrogen (secondary N) is 1. The predicted octanol–water partition coefficient (Wildman–Crippen LogP) is -0.0741. The number of likely N-dealkylation sites (N-methyl/N-ethyl adjacent to an activating group) is 1. The molecule has 0 bridgehead atoms. The summed E-state index contributed by atoms with van der Waals surface area (Å²) in [6.45, 7) is 4.82. The number of hydrogen-bond donors (Lipinski definition) is 1. The maximum atomic E-state index is 10.9. The van der Waals surface area contributed by atoms with Crippen molar-refractivity contribution < 1.29 is 9.53 Å². The highest BCUT2D eigenvalue weighted by Gasteiger charge is 2.14. The molecule has 1 fully saturated rings. The van der Waals surface area contributed by atoms with Crippen LogP contribution >= 0.6 is 0 Å². The molecule has 0 aliphatic carbocycles. The SMILES string of the molecule is CCN1CCN/C1=C\C(=O)OC. The summed E-state index contributed by atoms with van der Waals surface area (Å²) in [5.41, 5.74) is 0. The lowest BCUT2D eigenvalue weighted by Gasteiger charge is -2.15. The maximum absolute atomic E-state index is 10.9. The van der Waals surface area contributed by atoms with E-state index < -0.39 is 0 Å². The molecular weight excluding hydrogens is 156 g/mol. The smallest absolute Gasteiger partial charge is 0.334 e. The van der Waals surface area contributed by atoms with Gasteiger partial charge < -0.3 is 15.0 Å². The Morgan fingerprint density at radius 1 is 1.83 bits per heavy atom. The quantitative estimate of drug-likeness (QED) is 0.465. The van der Waals surface area contributed by atoms with Crippen molar-refractivity contribution >= 4 is 5.97 Å². The second-order valence-electron chi connectivity index (χ2n) is 2.56. The van der Waals surface area contributed by atoms with E-state index in [1.165, 1.54) is 13.2 Å². The van der Waals surface area contributed by atoms with Crippen LogP contribution in [0.25, 0.3) is 0 Å². The molecule has 1 N–H and O–H groups in total. The van der Waals surface area contributed by atoms with E-state index >= 15 is 0 Å². The molecule has 68 valence electrons. The Morgan fingerprint density at radius 2 is 2.58 bits per heavy atom. The predicted molar refractivity (Wildman–Crippen MR) is 45.3 cm³/mol. The van der Waals surface area contributed by atoms with Crippen LogP contribution in [-0.2, 0) is 9.53 Å². The Bertz CT molecular complexity index is 201. The van der Waals surface area contributed by atoms with Gasteiger partial charge in [0.05, 0.1) is 13.2 Å². The van der Waals surface area contributed by atoms with Gasteiger partial charge in [0, 0.05) is 19.6 Å². The highest BCUT2D eigenvalue weighted by Crippen LogP contribution is 2.05. The fraction of sp³-hybridized carbons (Fsp3) is 0.625. The van der Waals surface area contributed by atoms with E-state index in [9.17, 15) is 4.79 Å². The number of carbonyl (C=O) groups excluding carboxylic acids is 1. The Morgan fingerprint density at radius 3 is 3.17 bits per heavy atom. The Labute approximate surface area is 72.2 Å². The van der Waals surface area contributed by atoms with E-state index in [0.29, 0.717) is 0 Å². The summed E-state index contributed by atoms with van der Waals surface area (Å²) in [6.07, 6.45) is 1.48. The molecule has 0 spiro atoms. The normalized spacial score (nSPS) is 19.5. The molecule has 0 saturated carbocycles. The van der Waals surface area contributed by atoms with Crippen molar-refractivity contribution in [1.29, 1.82) is 0 Å². The van der Waals surface area contributed by atoms with Crippen LogP contribution < -0.4 is 5.32 Å². The molecule has 0 amide bonds. The first-order valence-corrected chi connectivity index (χ1v) is 4.06. The third-order valence-corrected chi connectivity index (χ3v) is 1.87. The molecule has 0 unspecified atom stereocenters. The van der Waals surface area contributed by atoms with Crippen molar-refractivity contribution in [2.45, 2.75) is 6.92 Å².